The van der Waals surface area contributed by atoms with E-state index in [-0.39, 0.29) is 12.4 Å². The van der Waals surface area contributed by atoms with Crippen LogP contribution in [0.3, 0.4) is 0 Å². The number of fused-ring (bicyclic) bond motifs is 2. The number of hydrogen-bond acceptors (Lipinski definition) is 7. The first-order chi connectivity index (χ1) is 17.1. The van der Waals surface area contributed by atoms with Crippen molar-refractivity contribution in [1.29, 1.82) is 0 Å². The second-order valence-electron chi connectivity index (χ2n) is 8.21. The standard InChI is InChI=1S/C25H21FN6O3/c1-15-27-5-6-32(15)18-9-20-25(29-11-18)31(14-30-20)12-16-7-19(26)24-21(8-16)34-13-22(35-24)17-3-4-23(33-2)28-10-17/h3-11,14,22H,12-13H2,1-2H3. The first-order valence-corrected chi connectivity index (χ1v) is 11.0. The van der Waals surface area contributed by atoms with Gasteiger partial charge in [-0.05, 0) is 36.8 Å². The fourth-order valence-corrected chi connectivity index (χ4v) is 4.18. The van der Waals surface area contributed by atoms with E-state index in [1.807, 2.05) is 34.4 Å². The number of pyridine rings is 2. The van der Waals surface area contributed by atoms with Crippen LogP contribution in [0.4, 0.5) is 4.39 Å². The number of hydrogen-bond donors (Lipinski definition) is 0. The fourth-order valence-electron chi connectivity index (χ4n) is 4.18. The first kappa shape index (κ1) is 21.1. The average molecular weight is 472 g/mol. The van der Waals surface area contributed by atoms with Crippen LogP contribution >= 0.6 is 0 Å². The molecule has 5 heterocycles. The van der Waals surface area contributed by atoms with E-state index in [0.717, 1.165) is 22.6 Å². The molecule has 1 aromatic carbocycles. The van der Waals surface area contributed by atoms with E-state index in [1.165, 1.54) is 6.07 Å². The summed E-state index contributed by atoms with van der Waals surface area (Å²) in [4.78, 5) is 17.5. The van der Waals surface area contributed by atoms with Gasteiger partial charge in [-0.1, -0.05) is 0 Å². The maximum atomic E-state index is 15.0. The van der Waals surface area contributed by atoms with E-state index >= 15 is 4.39 Å². The summed E-state index contributed by atoms with van der Waals surface area (Å²) < 4.78 is 35.7. The molecule has 35 heavy (non-hydrogen) atoms. The number of benzene rings is 1. The van der Waals surface area contributed by atoms with Gasteiger partial charge in [0.15, 0.2) is 29.1 Å². The zero-order valence-corrected chi connectivity index (χ0v) is 19.1. The molecule has 1 aliphatic rings. The summed E-state index contributed by atoms with van der Waals surface area (Å²) in [6.45, 7) is 2.55. The molecular weight excluding hydrogens is 451 g/mol. The van der Waals surface area contributed by atoms with Gasteiger partial charge in [-0.2, -0.15) is 0 Å². The van der Waals surface area contributed by atoms with Crippen molar-refractivity contribution in [3.05, 3.63) is 84.2 Å². The molecule has 1 unspecified atom stereocenters. The van der Waals surface area contributed by atoms with Gasteiger partial charge in [0.25, 0.3) is 0 Å². The number of rotatable bonds is 5. The van der Waals surface area contributed by atoms with Crippen LogP contribution in [0.15, 0.2) is 61.4 Å². The van der Waals surface area contributed by atoms with Gasteiger partial charge in [0.05, 0.1) is 31.9 Å². The van der Waals surface area contributed by atoms with Gasteiger partial charge in [0, 0.05) is 30.2 Å². The summed E-state index contributed by atoms with van der Waals surface area (Å²) in [6.07, 6.45) is 8.27. The highest BCUT2D eigenvalue weighted by molar-refractivity contribution is 5.73. The number of halogens is 1. The fraction of sp³-hybridized carbons (Fsp3) is 0.200. The van der Waals surface area contributed by atoms with E-state index in [2.05, 4.69) is 19.9 Å². The van der Waals surface area contributed by atoms with E-state index in [9.17, 15) is 0 Å². The Bertz CT molecular complexity index is 1530. The van der Waals surface area contributed by atoms with E-state index in [4.69, 9.17) is 14.2 Å². The lowest BCUT2D eigenvalue weighted by Gasteiger charge is -2.27. The second-order valence-corrected chi connectivity index (χ2v) is 8.21. The number of nitrogens with zero attached hydrogens (tertiary/aromatic N) is 6. The largest absolute Gasteiger partial charge is 0.485 e. The van der Waals surface area contributed by atoms with Crippen molar-refractivity contribution < 1.29 is 18.6 Å². The average Bonchev–Trinajstić information content (AvgIpc) is 3.49. The van der Waals surface area contributed by atoms with Gasteiger partial charge in [0.1, 0.15) is 17.9 Å². The van der Waals surface area contributed by atoms with Crippen LogP contribution in [0.25, 0.3) is 16.9 Å². The highest BCUT2D eigenvalue weighted by atomic mass is 19.1. The molecule has 5 aromatic rings. The zero-order valence-electron chi connectivity index (χ0n) is 19.1. The Hall–Kier alpha value is -4.47. The van der Waals surface area contributed by atoms with E-state index in [1.54, 1.807) is 44.2 Å². The third-order valence-corrected chi connectivity index (χ3v) is 5.96. The van der Waals surface area contributed by atoms with Gasteiger partial charge in [-0.3, -0.25) is 0 Å². The lowest BCUT2D eigenvalue weighted by molar-refractivity contribution is 0.0853. The maximum Gasteiger partial charge on any atom is 0.212 e. The van der Waals surface area contributed by atoms with Crippen molar-refractivity contribution in [2.24, 2.45) is 0 Å². The minimum Gasteiger partial charge on any atom is -0.485 e. The van der Waals surface area contributed by atoms with Crippen LogP contribution in [-0.4, -0.2) is 42.8 Å². The molecule has 0 spiro atoms. The maximum absolute atomic E-state index is 15.0. The molecular formula is C25H21FN6O3. The molecule has 0 saturated carbocycles. The molecule has 6 rings (SSSR count). The summed E-state index contributed by atoms with van der Waals surface area (Å²) >= 11 is 0. The Morgan fingerprint density at radius 3 is 2.80 bits per heavy atom. The van der Waals surface area contributed by atoms with E-state index in [0.29, 0.717) is 29.4 Å². The Balaban J connectivity index is 1.24. The third kappa shape index (κ3) is 3.82. The van der Waals surface area contributed by atoms with Crippen molar-refractivity contribution in [3.63, 3.8) is 0 Å². The summed E-state index contributed by atoms with van der Waals surface area (Å²) in [5.41, 5.74) is 3.81. The highest BCUT2D eigenvalue weighted by Crippen LogP contribution is 2.39. The van der Waals surface area contributed by atoms with E-state index < -0.39 is 11.9 Å². The molecule has 4 aromatic heterocycles. The number of methoxy groups -OCH3 is 1. The van der Waals surface area contributed by atoms with Crippen LogP contribution in [0.2, 0.25) is 0 Å². The van der Waals surface area contributed by atoms with Crippen LogP contribution in [0.5, 0.6) is 17.4 Å². The Kier molecular flexibility index (Phi) is 5.05. The second kappa shape index (κ2) is 8.39. The van der Waals surface area contributed by atoms with Gasteiger partial charge >= 0.3 is 0 Å². The number of aromatic nitrogens is 6. The normalized spacial score (nSPS) is 14.9. The van der Waals surface area contributed by atoms with Crippen LogP contribution in [-0.2, 0) is 6.54 Å². The molecule has 0 saturated heterocycles. The first-order valence-electron chi connectivity index (χ1n) is 11.0. The summed E-state index contributed by atoms with van der Waals surface area (Å²) in [5.74, 6) is 1.33. The molecule has 0 aliphatic carbocycles. The minimum absolute atomic E-state index is 0.0924. The Morgan fingerprint density at radius 1 is 1.11 bits per heavy atom. The van der Waals surface area contributed by atoms with Crippen molar-refractivity contribution in [2.45, 2.75) is 19.6 Å². The molecule has 1 atom stereocenters. The number of imidazole rings is 2. The molecule has 0 fully saturated rings. The topological polar surface area (TPSA) is 89.1 Å². The lowest BCUT2D eigenvalue weighted by Crippen LogP contribution is -2.22. The minimum atomic E-state index is -0.487. The summed E-state index contributed by atoms with van der Waals surface area (Å²) in [5, 5.41) is 0. The quantitative estimate of drug-likeness (QED) is 0.382. The Morgan fingerprint density at radius 2 is 2.03 bits per heavy atom. The smallest absolute Gasteiger partial charge is 0.212 e. The molecule has 176 valence electrons. The third-order valence-electron chi connectivity index (χ3n) is 5.96. The molecule has 1 aliphatic heterocycles. The van der Waals surface area contributed by atoms with Crippen molar-refractivity contribution in [3.8, 4) is 23.1 Å². The molecule has 0 amide bonds. The Labute approximate surface area is 199 Å². The summed E-state index contributed by atoms with van der Waals surface area (Å²) in [7, 11) is 1.55. The molecule has 9 nitrogen and oxygen atoms in total. The van der Waals surface area contributed by atoms with Gasteiger partial charge in [0.2, 0.25) is 5.88 Å². The van der Waals surface area contributed by atoms with Crippen LogP contribution in [0, 0.1) is 12.7 Å². The van der Waals surface area contributed by atoms with Crippen LogP contribution < -0.4 is 14.2 Å². The van der Waals surface area contributed by atoms with Crippen molar-refractivity contribution >= 4 is 11.2 Å². The zero-order chi connectivity index (χ0) is 23.9. The molecule has 10 heteroatoms. The SMILES string of the molecule is COc1ccc(C2COc3cc(Cn4cnc5cc(-n6ccnc6C)cnc54)cc(F)c3O2)cn1. The molecule has 0 N–H and O–H groups in total. The van der Waals surface area contributed by atoms with Crippen molar-refractivity contribution in [2.75, 3.05) is 13.7 Å². The number of ether oxygens (including phenoxy) is 3. The summed E-state index contributed by atoms with van der Waals surface area (Å²) in [6, 6.07) is 8.75. The number of aryl methyl sites for hydroxylation is 1. The van der Waals surface area contributed by atoms with Gasteiger partial charge in [-0.15, -0.1) is 0 Å². The predicted octanol–water partition coefficient (Wildman–Crippen LogP) is 4.03. The van der Waals surface area contributed by atoms with Gasteiger partial charge in [-0.25, -0.2) is 24.3 Å². The van der Waals surface area contributed by atoms with Crippen LogP contribution in [0.1, 0.15) is 23.1 Å². The monoisotopic (exact) mass is 472 g/mol. The molecule has 0 bridgehead atoms. The lowest BCUT2D eigenvalue weighted by atomic mass is 10.1. The highest BCUT2D eigenvalue weighted by Gasteiger charge is 2.26. The molecule has 0 radical (unpaired) electrons. The van der Waals surface area contributed by atoms with Crippen molar-refractivity contribution in [1.82, 2.24) is 29.1 Å². The van der Waals surface area contributed by atoms with Gasteiger partial charge < -0.3 is 23.3 Å². The predicted molar refractivity (Wildman–Crippen MR) is 125 cm³/mol.